The molecule has 1 amide bonds. The van der Waals surface area contributed by atoms with Gasteiger partial charge in [0.2, 0.25) is 5.91 Å². The maximum Gasteiger partial charge on any atom is 0.237 e. The summed E-state index contributed by atoms with van der Waals surface area (Å²) in [4.78, 5) is 14.0. The molecule has 0 fully saturated rings. The minimum absolute atomic E-state index is 0.0344. The summed E-state index contributed by atoms with van der Waals surface area (Å²) >= 11 is 0. The van der Waals surface area contributed by atoms with E-state index >= 15 is 0 Å². The van der Waals surface area contributed by atoms with Crippen LogP contribution in [-0.4, -0.2) is 30.4 Å². The summed E-state index contributed by atoms with van der Waals surface area (Å²) in [5.74, 6) is -0.0344. The van der Waals surface area contributed by atoms with Crippen molar-refractivity contribution in [1.29, 1.82) is 0 Å². The number of likely N-dealkylation sites (N-methyl/N-ethyl adjacent to an activating group) is 1. The second kappa shape index (κ2) is 4.37. The highest BCUT2D eigenvalue weighted by atomic mass is 16.2. The van der Waals surface area contributed by atoms with E-state index in [1.54, 1.807) is 0 Å². The molecule has 0 saturated carbocycles. The molecule has 4 heteroatoms. The lowest BCUT2D eigenvalue weighted by Crippen LogP contribution is -2.39. The fourth-order valence-corrected chi connectivity index (χ4v) is 2.97. The number of benzene rings is 1. The van der Waals surface area contributed by atoms with Crippen molar-refractivity contribution in [3.05, 3.63) is 34.4 Å². The van der Waals surface area contributed by atoms with Gasteiger partial charge >= 0.3 is 0 Å². The van der Waals surface area contributed by atoms with E-state index in [2.05, 4.69) is 29.4 Å². The van der Waals surface area contributed by atoms with Gasteiger partial charge in [0.15, 0.2) is 0 Å². The highest BCUT2D eigenvalue weighted by molar-refractivity contribution is 5.82. The number of hydrogen-bond donors (Lipinski definition) is 2. The Morgan fingerprint density at radius 2 is 2.11 bits per heavy atom. The monoisotopic (exact) mass is 245 g/mol. The summed E-state index contributed by atoms with van der Waals surface area (Å²) in [7, 11) is 2.15. The van der Waals surface area contributed by atoms with Crippen molar-refractivity contribution in [2.45, 2.75) is 32.0 Å². The predicted octanol–water partition coefficient (Wildman–Crippen LogP) is 0.174. The standard InChI is InChI=1S/C14H19N3O/c1-17-5-4-11-10(8-17)3-2-9-6-13(15)14(18)16-7-12(9)11/h2-3,13H,4-8,15H2,1H3,(H,16,18)/t13-/m0/s1. The van der Waals surface area contributed by atoms with Gasteiger partial charge in [-0.3, -0.25) is 4.79 Å². The smallest absolute Gasteiger partial charge is 0.237 e. The molecule has 1 aromatic carbocycles. The molecule has 0 saturated heterocycles. The number of nitrogens with two attached hydrogens (primary N) is 1. The van der Waals surface area contributed by atoms with E-state index in [1.165, 1.54) is 22.3 Å². The molecule has 2 aliphatic rings. The Balaban J connectivity index is 2.03. The molecule has 2 aliphatic heterocycles. The number of amides is 1. The first-order valence-corrected chi connectivity index (χ1v) is 6.49. The summed E-state index contributed by atoms with van der Waals surface area (Å²) in [6, 6.07) is 3.94. The lowest BCUT2D eigenvalue weighted by atomic mass is 9.89. The van der Waals surface area contributed by atoms with Gasteiger partial charge in [-0.05, 0) is 42.1 Å². The number of carbonyl (C=O) groups is 1. The topological polar surface area (TPSA) is 58.4 Å². The largest absolute Gasteiger partial charge is 0.351 e. The number of nitrogens with one attached hydrogen (secondary N) is 1. The number of rotatable bonds is 0. The molecule has 4 nitrogen and oxygen atoms in total. The van der Waals surface area contributed by atoms with Crippen molar-refractivity contribution in [3.63, 3.8) is 0 Å². The van der Waals surface area contributed by atoms with Gasteiger partial charge in [-0.25, -0.2) is 0 Å². The average Bonchev–Trinajstić information content (AvgIpc) is 2.49. The van der Waals surface area contributed by atoms with E-state index in [0.29, 0.717) is 13.0 Å². The Morgan fingerprint density at radius 3 is 2.94 bits per heavy atom. The Bertz CT molecular complexity index is 498. The van der Waals surface area contributed by atoms with Crippen molar-refractivity contribution in [2.75, 3.05) is 13.6 Å². The van der Waals surface area contributed by atoms with E-state index in [4.69, 9.17) is 5.73 Å². The van der Waals surface area contributed by atoms with Crippen LogP contribution in [0.5, 0.6) is 0 Å². The Labute approximate surface area is 107 Å². The third-order valence-corrected chi connectivity index (χ3v) is 4.02. The minimum atomic E-state index is -0.407. The summed E-state index contributed by atoms with van der Waals surface area (Å²) in [6.07, 6.45) is 1.73. The molecule has 3 rings (SSSR count). The van der Waals surface area contributed by atoms with Crippen molar-refractivity contribution in [3.8, 4) is 0 Å². The molecule has 0 radical (unpaired) electrons. The molecule has 1 aromatic rings. The van der Waals surface area contributed by atoms with Crippen LogP contribution in [0.15, 0.2) is 12.1 Å². The first-order chi connectivity index (χ1) is 8.65. The summed E-state index contributed by atoms with van der Waals surface area (Å²) in [5, 5.41) is 2.93. The van der Waals surface area contributed by atoms with Gasteiger partial charge in [-0.15, -0.1) is 0 Å². The normalized spacial score (nSPS) is 23.9. The Morgan fingerprint density at radius 1 is 1.33 bits per heavy atom. The molecule has 1 atom stereocenters. The molecular formula is C14H19N3O. The highest BCUT2D eigenvalue weighted by Gasteiger charge is 2.24. The van der Waals surface area contributed by atoms with Crippen LogP contribution in [0.2, 0.25) is 0 Å². The van der Waals surface area contributed by atoms with E-state index in [1.807, 2.05) is 0 Å². The van der Waals surface area contributed by atoms with E-state index in [-0.39, 0.29) is 5.91 Å². The van der Waals surface area contributed by atoms with Crippen LogP contribution in [0.25, 0.3) is 0 Å². The molecule has 0 unspecified atom stereocenters. The van der Waals surface area contributed by atoms with Crippen LogP contribution < -0.4 is 11.1 Å². The second-order valence-corrected chi connectivity index (χ2v) is 5.36. The Kier molecular flexibility index (Phi) is 2.84. The summed E-state index contributed by atoms with van der Waals surface area (Å²) in [5.41, 5.74) is 11.2. The lowest BCUT2D eigenvalue weighted by molar-refractivity contribution is -0.122. The van der Waals surface area contributed by atoms with Gasteiger partial charge in [0.1, 0.15) is 0 Å². The highest BCUT2D eigenvalue weighted by Crippen LogP contribution is 2.26. The van der Waals surface area contributed by atoms with E-state index < -0.39 is 6.04 Å². The fourth-order valence-electron chi connectivity index (χ4n) is 2.97. The number of fused-ring (bicyclic) bond motifs is 3. The minimum Gasteiger partial charge on any atom is -0.351 e. The average molecular weight is 245 g/mol. The van der Waals surface area contributed by atoms with Gasteiger partial charge in [-0.1, -0.05) is 12.1 Å². The third-order valence-electron chi connectivity index (χ3n) is 4.02. The maximum absolute atomic E-state index is 11.7. The van der Waals surface area contributed by atoms with Gasteiger partial charge in [0.05, 0.1) is 6.04 Å². The van der Waals surface area contributed by atoms with E-state index in [0.717, 1.165) is 19.5 Å². The quantitative estimate of drug-likeness (QED) is 0.685. The van der Waals surface area contributed by atoms with Gasteiger partial charge < -0.3 is 16.0 Å². The molecule has 2 heterocycles. The second-order valence-electron chi connectivity index (χ2n) is 5.36. The molecule has 0 aromatic heterocycles. The van der Waals surface area contributed by atoms with Crippen LogP contribution in [0.4, 0.5) is 0 Å². The van der Waals surface area contributed by atoms with Crippen LogP contribution in [0.1, 0.15) is 22.3 Å². The first-order valence-electron chi connectivity index (χ1n) is 6.49. The number of hydrogen-bond acceptors (Lipinski definition) is 3. The van der Waals surface area contributed by atoms with Crippen LogP contribution in [-0.2, 0) is 30.7 Å². The van der Waals surface area contributed by atoms with Crippen LogP contribution in [0.3, 0.4) is 0 Å². The first kappa shape index (κ1) is 11.7. The van der Waals surface area contributed by atoms with Gasteiger partial charge in [0.25, 0.3) is 0 Å². The van der Waals surface area contributed by atoms with Crippen molar-refractivity contribution >= 4 is 5.91 Å². The zero-order valence-corrected chi connectivity index (χ0v) is 10.7. The molecule has 0 spiro atoms. The number of carbonyl (C=O) groups excluding carboxylic acids is 1. The van der Waals surface area contributed by atoms with Gasteiger partial charge in [-0.2, -0.15) is 0 Å². The maximum atomic E-state index is 11.7. The zero-order chi connectivity index (χ0) is 12.7. The van der Waals surface area contributed by atoms with Crippen molar-refractivity contribution in [2.24, 2.45) is 5.73 Å². The van der Waals surface area contributed by atoms with Crippen molar-refractivity contribution in [1.82, 2.24) is 10.2 Å². The molecule has 0 bridgehead atoms. The van der Waals surface area contributed by atoms with Gasteiger partial charge in [0, 0.05) is 19.6 Å². The third kappa shape index (κ3) is 1.91. The predicted molar refractivity (Wildman–Crippen MR) is 70.0 cm³/mol. The molecular weight excluding hydrogens is 226 g/mol. The molecule has 3 N–H and O–H groups in total. The summed E-state index contributed by atoms with van der Waals surface area (Å²) in [6.45, 7) is 2.72. The lowest BCUT2D eigenvalue weighted by Gasteiger charge is -2.27. The van der Waals surface area contributed by atoms with Crippen LogP contribution >= 0.6 is 0 Å². The SMILES string of the molecule is CN1CCc2c(ccc3c2CNC(=O)[C@@H](N)C3)C1. The molecule has 18 heavy (non-hydrogen) atoms. The molecule has 0 aliphatic carbocycles. The fraction of sp³-hybridized carbons (Fsp3) is 0.500. The Hall–Kier alpha value is -1.39. The zero-order valence-electron chi connectivity index (χ0n) is 10.7. The molecule has 96 valence electrons. The van der Waals surface area contributed by atoms with E-state index in [9.17, 15) is 4.79 Å². The van der Waals surface area contributed by atoms with Crippen LogP contribution in [0, 0.1) is 0 Å². The summed E-state index contributed by atoms with van der Waals surface area (Å²) < 4.78 is 0. The van der Waals surface area contributed by atoms with Crippen molar-refractivity contribution < 1.29 is 4.79 Å². The number of nitrogens with zero attached hydrogens (tertiary/aromatic N) is 1.